The number of nitrogens with zero attached hydrogens (tertiary/aromatic N) is 3. The van der Waals surface area contributed by atoms with Gasteiger partial charge in [0.15, 0.2) is 4.64 Å². The third kappa shape index (κ3) is 2.78. The summed E-state index contributed by atoms with van der Waals surface area (Å²) in [5.74, 6) is 0.531. The van der Waals surface area contributed by atoms with E-state index in [4.69, 9.17) is 21.5 Å². The minimum absolute atomic E-state index is 0.0181. The summed E-state index contributed by atoms with van der Waals surface area (Å²) in [6.07, 6.45) is 0. The predicted molar refractivity (Wildman–Crippen MR) is 90.5 cm³/mol. The van der Waals surface area contributed by atoms with Crippen LogP contribution < -0.4 is 4.74 Å². The molecule has 0 atom stereocenters. The van der Waals surface area contributed by atoms with E-state index >= 15 is 0 Å². The van der Waals surface area contributed by atoms with Crippen molar-refractivity contribution >= 4 is 12.2 Å². The van der Waals surface area contributed by atoms with Gasteiger partial charge in [-0.1, -0.05) is 17.4 Å². The molecule has 3 N–H and O–H groups in total. The highest BCUT2D eigenvalue weighted by molar-refractivity contribution is 7.71. The van der Waals surface area contributed by atoms with Gasteiger partial charge in [-0.15, -0.1) is 0 Å². The molecule has 2 aromatic heterocycles. The molecule has 0 saturated heterocycles. The van der Waals surface area contributed by atoms with Gasteiger partial charge >= 0.3 is 0 Å². The maximum Gasteiger partial charge on any atom is 0.258 e. The quantitative estimate of drug-likeness (QED) is 0.481. The van der Waals surface area contributed by atoms with Crippen molar-refractivity contribution < 1.29 is 24.7 Å². The number of methoxy groups -OCH3 is 1. The van der Waals surface area contributed by atoms with Crippen molar-refractivity contribution in [2.75, 3.05) is 7.11 Å². The second-order valence-corrected chi connectivity index (χ2v) is 5.78. The molecule has 0 bridgehead atoms. The van der Waals surface area contributed by atoms with Crippen LogP contribution in [0, 0.1) is 18.5 Å². The van der Waals surface area contributed by atoms with Crippen LogP contribution in [0.4, 0.5) is 0 Å². The molecule has 0 unspecified atom stereocenters. The van der Waals surface area contributed by atoms with Crippen molar-refractivity contribution in [3.8, 4) is 40.1 Å². The highest BCUT2D eigenvalue weighted by atomic mass is 32.1. The minimum atomic E-state index is -0.114. The van der Waals surface area contributed by atoms with Crippen LogP contribution in [0.15, 0.2) is 22.7 Å². The fourth-order valence-electron chi connectivity index (χ4n) is 2.44. The average molecular weight is 361 g/mol. The van der Waals surface area contributed by atoms with Crippen molar-refractivity contribution in [2.24, 2.45) is 0 Å². The van der Waals surface area contributed by atoms with Crippen LogP contribution in [0.5, 0.6) is 17.2 Å². The molecule has 0 aliphatic rings. The van der Waals surface area contributed by atoms with Gasteiger partial charge in [0.2, 0.25) is 5.82 Å². The molecule has 9 heteroatoms. The molecule has 0 saturated carbocycles. The molecule has 3 rings (SSSR count). The molecule has 0 spiro atoms. The Bertz CT molecular complexity index is 1030. The fraction of sp³-hybridized carbons (Fsp3) is 0.188. The number of aromatic hydroxyl groups is 2. The summed E-state index contributed by atoms with van der Waals surface area (Å²) >= 11 is 5.22. The molecule has 130 valence electrons. The summed E-state index contributed by atoms with van der Waals surface area (Å²) in [6, 6.07) is 4.51. The lowest BCUT2D eigenvalue weighted by atomic mass is 10.1. The van der Waals surface area contributed by atoms with Gasteiger partial charge in [-0.25, -0.2) is 0 Å². The Labute approximate surface area is 147 Å². The topological polar surface area (TPSA) is 114 Å². The predicted octanol–water partition coefficient (Wildman–Crippen LogP) is 3.21. The van der Waals surface area contributed by atoms with Crippen LogP contribution in [0.3, 0.4) is 0 Å². The average Bonchev–Trinajstić information content (AvgIpc) is 3.07. The van der Waals surface area contributed by atoms with E-state index in [2.05, 4.69) is 10.1 Å². The van der Waals surface area contributed by atoms with Gasteiger partial charge < -0.3 is 24.7 Å². The van der Waals surface area contributed by atoms with Crippen LogP contribution in [-0.4, -0.2) is 37.4 Å². The third-order valence-electron chi connectivity index (χ3n) is 3.82. The number of hydrogen-bond acceptors (Lipinski definition) is 8. The first-order chi connectivity index (χ1) is 11.8. The van der Waals surface area contributed by atoms with Crippen molar-refractivity contribution in [1.82, 2.24) is 14.9 Å². The van der Waals surface area contributed by atoms with Crippen molar-refractivity contribution in [2.45, 2.75) is 13.8 Å². The van der Waals surface area contributed by atoms with Crippen molar-refractivity contribution in [3.05, 3.63) is 34.1 Å². The summed E-state index contributed by atoms with van der Waals surface area (Å²) in [5, 5.41) is 33.7. The highest BCUT2D eigenvalue weighted by Crippen LogP contribution is 2.34. The molecule has 0 radical (unpaired) electrons. The van der Waals surface area contributed by atoms with Gasteiger partial charge in [-0.2, -0.15) is 9.71 Å². The van der Waals surface area contributed by atoms with Gasteiger partial charge in [-0.05, 0) is 26.0 Å². The Balaban J connectivity index is 2.15. The monoisotopic (exact) mass is 361 g/mol. The normalized spacial score (nSPS) is 10.8. The Morgan fingerprint density at radius 3 is 2.60 bits per heavy atom. The molecular weight excluding hydrogens is 346 g/mol. The fourth-order valence-corrected chi connectivity index (χ4v) is 2.82. The smallest absolute Gasteiger partial charge is 0.258 e. The molecule has 25 heavy (non-hydrogen) atoms. The summed E-state index contributed by atoms with van der Waals surface area (Å²) in [5.41, 5.74) is 1.37. The Morgan fingerprint density at radius 1 is 1.20 bits per heavy atom. The largest absolute Gasteiger partial charge is 0.508 e. The molecule has 3 aromatic rings. The van der Waals surface area contributed by atoms with Crippen LogP contribution in [0.2, 0.25) is 0 Å². The first-order valence-corrected chi connectivity index (χ1v) is 7.61. The standard InChI is InChI=1S/C16H15N3O5S/c1-7-12(16(25)19(22)8(2)13(7)21)14-17-15(24-18-14)9-4-10(20)6-11(5-9)23-3/h4-6,20-22H,1-3H3. The van der Waals surface area contributed by atoms with E-state index in [0.29, 0.717) is 21.6 Å². The highest BCUT2D eigenvalue weighted by Gasteiger charge is 2.20. The van der Waals surface area contributed by atoms with E-state index in [1.54, 1.807) is 13.0 Å². The van der Waals surface area contributed by atoms with Crippen LogP contribution in [-0.2, 0) is 0 Å². The Kier molecular flexibility index (Phi) is 4.09. The molecule has 0 aliphatic heterocycles. The number of phenolic OH excluding ortho intramolecular Hbond substituents is 1. The second-order valence-electron chi connectivity index (χ2n) is 5.39. The lowest BCUT2D eigenvalue weighted by Gasteiger charge is -2.11. The molecule has 1 aromatic carbocycles. The SMILES string of the molecule is COc1cc(O)cc(-c2nc(-c3c(C)c(O)c(C)n(O)c3=S)no2)c1. The van der Waals surface area contributed by atoms with Gasteiger partial charge in [0.1, 0.15) is 17.2 Å². The van der Waals surface area contributed by atoms with Gasteiger partial charge in [0.25, 0.3) is 5.89 Å². The Hall–Kier alpha value is -3.07. The van der Waals surface area contributed by atoms with E-state index in [9.17, 15) is 15.4 Å². The van der Waals surface area contributed by atoms with Gasteiger partial charge in [-0.3, -0.25) is 0 Å². The maximum atomic E-state index is 10.1. The van der Waals surface area contributed by atoms with Crippen LogP contribution in [0.1, 0.15) is 11.3 Å². The molecule has 0 fully saturated rings. The van der Waals surface area contributed by atoms with E-state index in [1.165, 1.54) is 26.2 Å². The van der Waals surface area contributed by atoms with Crippen LogP contribution in [0.25, 0.3) is 22.8 Å². The van der Waals surface area contributed by atoms with E-state index in [0.717, 1.165) is 0 Å². The van der Waals surface area contributed by atoms with Crippen molar-refractivity contribution in [1.29, 1.82) is 0 Å². The lowest BCUT2D eigenvalue weighted by molar-refractivity contribution is 0.170. The third-order valence-corrected chi connectivity index (χ3v) is 4.20. The summed E-state index contributed by atoms with van der Waals surface area (Å²) < 4.78 is 11.1. The zero-order valence-corrected chi connectivity index (χ0v) is 14.5. The summed E-state index contributed by atoms with van der Waals surface area (Å²) in [6.45, 7) is 3.17. The minimum Gasteiger partial charge on any atom is -0.508 e. The zero-order chi connectivity index (χ0) is 18.3. The lowest BCUT2D eigenvalue weighted by Crippen LogP contribution is -2.04. The molecule has 2 heterocycles. The molecule has 0 amide bonds. The number of aromatic nitrogens is 3. The number of ether oxygens (including phenoxy) is 1. The summed E-state index contributed by atoms with van der Waals surface area (Å²) in [4.78, 5) is 4.25. The second kappa shape index (κ2) is 6.10. The number of phenols is 1. The van der Waals surface area contributed by atoms with Gasteiger partial charge in [0.05, 0.1) is 18.4 Å². The molecule has 8 nitrogen and oxygen atoms in total. The van der Waals surface area contributed by atoms with Gasteiger partial charge in [0, 0.05) is 17.2 Å². The number of pyridine rings is 1. The van der Waals surface area contributed by atoms with Crippen molar-refractivity contribution in [3.63, 3.8) is 0 Å². The van der Waals surface area contributed by atoms with E-state index in [-0.39, 0.29) is 39.1 Å². The van der Waals surface area contributed by atoms with E-state index in [1.807, 2.05) is 0 Å². The Morgan fingerprint density at radius 2 is 1.92 bits per heavy atom. The molecular formula is C16H15N3O5S. The first-order valence-electron chi connectivity index (χ1n) is 7.20. The zero-order valence-electron chi connectivity index (χ0n) is 13.6. The van der Waals surface area contributed by atoms with Crippen LogP contribution >= 0.6 is 12.2 Å². The first kappa shape index (κ1) is 16.8. The number of rotatable bonds is 3. The van der Waals surface area contributed by atoms with E-state index < -0.39 is 0 Å². The number of benzene rings is 1. The summed E-state index contributed by atoms with van der Waals surface area (Å²) in [7, 11) is 1.47. The maximum absolute atomic E-state index is 10.1. The number of hydrogen-bond donors (Lipinski definition) is 3. The molecule has 0 aliphatic carbocycles.